The zero-order valence-electron chi connectivity index (χ0n) is 14.4. The van der Waals surface area contributed by atoms with Gasteiger partial charge in [0.1, 0.15) is 5.75 Å². The number of likely N-dealkylation sites (tertiary alicyclic amines) is 1. The van der Waals surface area contributed by atoms with Gasteiger partial charge in [-0.3, -0.25) is 4.79 Å². The molecule has 148 valence electrons. The van der Waals surface area contributed by atoms with Crippen LogP contribution in [0, 0.1) is 11.8 Å². The van der Waals surface area contributed by atoms with Gasteiger partial charge in [0.2, 0.25) is 0 Å². The van der Waals surface area contributed by atoms with Gasteiger partial charge in [-0.25, -0.2) is 9.59 Å². The van der Waals surface area contributed by atoms with Gasteiger partial charge >= 0.3 is 24.1 Å². The summed E-state index contributed by atoms with van der Waals surface area (Å²) in [4.78, 5) is 36.1. The summed E-state index contributed by atoms with van der Waals surface area (Å²) in [5.74, 6) is -6.05. The van der Waals surface area contributed by atoms with Crippen molar-refractivity contribution < 1.29 is 42.1 Å². The maximum Gasteiger partial charge on any atom is 0.394 e. The van der Waals surface area contributed by atoms with E-state index in [2.05, 4.69) is 10.1 Å². The van der Waals surface area contributed by atoms with Crippen LogP contribution in [0.25, 0.3) is 0 Å². The smallest absolute Gasteiger partial charge is 0.394 e. The first-order valence-electron chi connectivity index (χ1n) is 7.70. The predicted molar refractivity (Wildman–Crippen MR) is 85.6 cm³/mol. The number of aliphatic carboxylic acids is 1. The van der Waals surface area contributed by atoms with Crippen LogP contribution in [0.4, 0.5) is 23.7 Å². The minimum Gasteiger partial charge on any atom is -0.497 e. The van der Waals surface area contributed by atoms with Crippen molar-refractivity contribution in [1.82, 2.24) is 4.90 Å². The lowest BCUT2D eigenvalue weighted by Gasteiger charge is -2.19. The summed E-state index contributed by atoms with van der Waals surface area (Å²) in [6, 6.07) is 3.10. The normalized spacial score (nSPS) is 19.5. The molecule has 11 heteroatoms. The number of alkyl halides is 3. The molecule has 1 aliphatic rings. The van der Waals surface area contributed by atoms with Crippen LogP contribution >= 0.6 is 0 Å². The molecule has 8 nitrogen and oxygen atoms in total. The summed E-state index contributed by atoms with van der Waals surface area (Å²) in [6.07, 6.45) is -4.75. The van der Waals surface area contributed by atoms with Crippen molar-refractivity contribution in [2.75, 3.05) is 32.6 Å². The molecule has 2 N–H and O–H groups in total. The van der Waals surface area contributed by atoms with Crippen molar-refractivity contribution in [3.63, 3.8) is 0 Å². The number of carboxylic acids is 1. The number of carbonyl (C=O) groups is 3. The lowest BCUT2D eigenvalue weighted by Crippen LogP contribution is -2.35. The number of anilines is 1. The number of amides is 2. The highest BCUT2D eigenvalue weighted by molar-refractivity contribution is 6.01. The Morgan fingerprint density at radius 2 is 1.89 bits per heavy atom. The van der Waals surface area contributed by atoms with Crippen molar-refractivity contribution >= 4 is 23.7 Å². The number of rotatable bonds is 4. The van der Waals surface area contributed by atoms with Crippen molar-refractivity contribution in [2.24, 2.45) is 11.8 Å². The summed E-state index contributed by atoms with van der Waals surface area (Å²) in [5, 5.41) is 11.3. The monoisotopic (exact) mass is 390 g/mol. The second-order valence-corrected chi connectivity index (χ2v) is 5.83. The van der Waals surface area contributed by atoms with Gasteiger partial charge in [-0.05, 0) is 18.2 Å². The molecule has 2 rings (SSSR count). The number of nitrogens with zero attached hydrogens (tertiary/aromatic N) is 1. The van der Waals surface area contributed by atoms with E-state index in [4.69, 9.17) is 9.84 Å². The van der Waals surface area contributed by atoms with E-state index in [1.165, 1.54) is 25.3 Å². The van der Waals surface area contributed by atoms with Crippen LogP contribution in [0.15, 0.2) is 18.2 Å². The van der Waals surface area contributed by atoms with E-state index < -0.39 is 49.1 Å². The van der Waals surface area contributed by atoms with E-state index in [-0.39, 0.29) is 11.3 Å². The van der Waals surface area contributed by atoms with Crippen molar-refractivity contribution in [3.8, 4) is 5.75 Å². The Labute approximate surface area is 151 Å². The van der Waals surface area contributed by atoms with Crippen molar-refractivity contribution in [1.29, 1.82) is 0 Å². The predicted octanol–water partition coefficient (Wildman–Crippen LogP) is 2.21. The molecule has 0 aliphatic carbocycles. The maximum atomic E-state index is 13.0. The topological polar surface area (TPSA) is 105 Å². The molecule has 1 saturated heterocycles. The fourth-order valence-electron chi connectivity index (χ4n) is 2.78. The Bertz CT molecular complexity index is 752. The SMILES string of the molecule is COC(=O)c1cc(OC)ccc1NC(=O)N1C[C@@H](C(F)(F)F)[C@H](C(=O)O)C1. The highest BCUT2D eigenvalue weighted by atomic mass is 19.4. The van der Waals surface area contributed by atoms with Crippen LogP contribution < -0.4 is 10.1 Å². The largest absolute Gasteiger partial charge is 0.497 e. The number of hydrogen-bond acceptors (Lipinski definition) is 5. The Hall–Kier alpha value is -2.98. The summed E-state index contributed by atoms with van der Waals surface area (Å²) in [5.41, 5.74) is -0.0680. The number of urea groups is 1. The lowest BCUT2D eigenvalue weighted by atomic mass is 9.96. The fourth-order valence-corrected chi connectivity index (χ4v) is 2.78. The fraction of sp³-hybridized carbons (Fsp3) is 0.438. The molecule has 2 atom stereocenters. The van der Waals surface area contributed by atoms with Gasteiger partial charge in [0.15, 0.2) is 0 Å². The molecule has 0 radical (unpaired) electrons. The summed E-state index contributed by atoms with van der Waals surface area (Å²) >= 11 is 0. The number of carboxylic acid groups (broad SMARTS) is 1. The molecule has 0 spiro atoms. The molecule has 1 aromatic rings. The summed E-state index contributed by atoms with van der Waals surface area (Å²) < 4.78 is 48.7. The van der Waals surface area contributed by atoms with Gasteiger partial charge in [-0.2, -0.15) is 13.2 Å². The van der Waals surface area contributed by atoms with E-state index in [0.717, 1.165) is 12.0 Å². The van der Waals surface area contributed by atoms with E-state index in [0.29, 0.717) is 5.75 Å². The standard InChI is InChI=1S/C16H17F3N2O6/c1-26-8-3-4-12(9(5-8)14(24)27-2)20-15(25)21-6-10(13(22)23)11(7-21)16(17,18)19/h3-5,10-11H,6-7H2,1-2H3,(H,20,25)(H,22,23)/t10-,11-/m1/s1. The number of methoxy groups -OCH3 is 2. The van der Waals surface area contributed by atoms with Crippen LogP contribution in [0.1, 0.15) is 10.4 Å². The Kier molecular flexibility index (Phi) is 5.82. The van der Waals surface area contributed by atoms with Gasteiger partial charge in [-0.15, -0.1) is 0 Å². The van der Waals surface area contributed by atoms with Crippen LogP contribution in [0.5, 0.6) is 5.75 Å². The molecule has 2 amide bonds. The average molecular weight is 390 g/mol. The molecule has 0 unspecified atom stereocenters. The Morgan fingerprint density at radius 1 is 1.22 bits per heavy atom. The first kappa shape index (κ1) is 20.3. The average Bonchev–Trinajstić information content (AvgIpc) is 3.07. The highest BCUT2D eigenvalue weighted by Gasteiger charge is 2.53. The summed E-state index contributed by atoms with van der Waals surface area (Å²) in [6.45, 7) is -1.40. The van der Waals surface area contributed by atoms with E-state index >= 15 is 0 Å². The summed E-state index contributed by atoms with van der Waals surface area (Å²) in [7, 11) is 2.49. The Morgan fingerprint density at radius 3 is 2.37 bits per heavy atom. The molecule has 1 fully saturated rings. The van der Waals surface area contributed by atoms with Crippen LogP contribution in [0.2, 0.25) is 0 Å². The van der Waals surface area contributed by atoms with Crippen molar-refractivity contribution in [3.05, 3.63) is 23.8 Å². The van der Waals surface area contributed by atoms with Crippen LogP contribution in [0.3, 0.4) is 0 Å². The zero-order valence-corrected chi connectivity index (χ0v) is 14.4. The molecular formula is C16H17F3N2O6. The lowest BCUT2D eigenvalue weighted by molar-refractivity contribution is -0.187. The molecule has 0 saturated carbocycles. The first-order valence-corrected chi connectivity index (χ1v) is 7.70. The minimum absolute atomic E-state index is 0.00464. The molecular weight excluding hydrogens is 373 g/mol. The third kappa shape index (κ3) is 4.41. The van der Waals surface area contributed by atoms with Crippen LogP contribution in [-0.2, 0) is 9.53 Å². The maximum absolute atomic E-state index is 13.0. The second-order valence-electron chi connectivity index (χ2n) is 5.83. The van der Waals surface area contributed by atoms with Gasteiger partial charge in [-0.1, -0.05) is 0 Å². The molecule has 0 aromatic heterocycles. The van der Waals surface area contributed by atoms with Crippen LogP contribution in [-0.4, -0.2) is 61.5 Å². The highest BCUT2D eigenvalue weighted by Crippen LogP contribution is 2.38. The number of ether oxygens (including phenoxy) is 2. The van der Waals surface area contributed by atoms with E-state index in [1.54, 1.807) is 0 Å². The molecule has 0 bridgehead atoms. The number of carbonyl (C=O) groups excluding carboxylic acids is 2. The second kappa shape index (κ2) is 7.72. The molecule has 27 heavy (non-hydrogen) atoms. The quantitative estimate of drug-likeness (QED) is 0.764. The number of halogens is 3. The van der Waals surface area contributed by atoms with E-state index in [9.17, 15) is 27.6 Å². The first-order chi connectivity index (χ1) is 12.6. The van der Waals surface area contributed by atoms with E-state index in [1.807, 2.05) is 0 Å². The van der Waals surface area contributed by atoms with Gasteiger partial charge < -0.3 is 24.8 Å². The number of nitrogens with one attached hydrogen (secondary N) is 1. The number of benzene rings is 1. The number of esters is 1. The Balaban J connectivity index is 2.23. The third-order valence-electron chi connectivity index (χ3n) is 4.22. The molecule has 1 heterocycles. The number of hydrogen-bond donors (Lipinski definition) is 2. The molecule has 1 aliphatic heterocycles. The van der Waals surface area contributed by atoms with Crippen molar-refractivity contribution in [2.45, 2.75) is 6.18 Å². The van der Waals surface area contributed by atoms with Gasteiger partial charge in [0.25, 0.3) is 0 Å². The van der Waals surface area contributed by atoms with Gasteiger partial charge in [0, 0.05) is 13.1 Å². The van der Waals surface area contributed by atoms with Gasteiger partial charge in [0.05, 0.1) is 37.3 Å². The molecule has 1 aromatic carbocycles. The zero-order chi connectivity index (χ0) is 20.4. The minimum atomic E-state index is -4.75. The third-order valence-corrected chi connectivity index (χ3v) is 4.22.